The van der Waals surface area contributed by atoms with Crippen molar-refractivity contribution in [2.75, 3.05) is 11.5 Å². The van der Waals surface area contributed by atoms with Crippen molar-refractivity contribution in [1.29, 1.82) is 0 Å². The van der Waals surface area contributed by atoms with E-state index in [4.69, 9.17) is 5.73 Å². The Morgan fingerprint density at radius 1 is 1.28 bits per heavy atom. The Bertz CT molecular complexity index is 536. The number of aryl methyl sites for hydroxylation is 1. The van der Waals surface area contributed by atoms with Crippen molar-refractivity contribution in [3.05, 3.63) is 17.7 Å². The van der Waals surface area contributed by atoms with Crippen molar-refractivity contribution >= 4 is 9.84 Å². The highest BCUT2D eigenvalue weighted by atomic mass is 32.2. The smallest absolute Gasteiger partial charge is 0.150 e. The van der Waals surface area contributed by atoms with Crippen LogP contribution in [0.1, 0.15) is 36.7 Å². The number of hydrogen-bond acceptors (Lipinski definition) is 4. The van der Waals surface area contributed by atoms with Gasteiger partial charge in [0.25, 0.3) is 0 Å². The second-order valence-corrected chi connectivity index (χ2v) is 7.76. The van der Waals surface area contributed by atoms with Gasteiger partial charge in [0.05, 0.1) is 17.2 Å². The normalized spacial score (nSPS) is 27.9. The zero-order valence-corrected chi connectivity index (χ0v) is 11.2. The average Bonchev–Trinajstić information content (AvgIpc) is 2.71. The first-order chi connectivity index (χ1) is 8.53. The van der Waals surface area contributed by atoms with Crippen molar-refractivity contribution in [3.63, 3.8) is 0 Å². The summed E-state index contributed by atoms with van der Waals surface area (Å²) in [5.41, 5.74) is 7.01. The van der Waals surface area contributed by atoms with Gasteiger partial charge in [-0.1, -0.05) is 0 Å². The lowest BCUT2D eigenvalue weighted by atomic mass is 10.00. The van der Waals surface area contributed by atoms with Crippen LogP contribution >= 0.6 is 0 Å². The van der Waals surface area contributed by atoms with Crippen LogP contribution in [-0.2, 0) is 22.8 Å². The first kappa shape index (κ1) is 12.2. The summed E-state index contributed by atoms with van der Waals surface area (Å²) in [4.78, 5) is 4.67. The maximum atomic E-state index is 11.4. The summed E-state index contributed by atoms with van der Waals surface area (Å²) < 4.78 is 25.0. The van der Waals surface area contributed by atoms with Crippen LogP contribution in [0.2, 0.25) is 0 Å². The van der Waals surface area contributed by atoms with E-state index < -0.39 is 9.84 Å². The molecule has 0 spiro atoms. The van der Waals surface area contributed by atoms with Gasteiger partial charge >= 0.3 is 0 Å². The molecule has 1 unspecified atom stereocenters. The summed E-state index contributed by atoms with van der Waals surface area (Å²) in [6.45, 7) is 0.841. The van der Waals surface area contributed by atoms with E-state index in [0.717, 1.165) is 30.9 Å². The third-order valence-electron chi connectivity index (χ3n) is 4.02. The highest BCUT2D eigenvalue weighted by Gasteiger charge is 2.27. The van der Waals surface area contributed by atoms with E-state index in [1.807, 2.05) is 0 Å². The van der Waals surface area contributed by atoms with E-state index in [2.05, 4.69) is 15.7 Å². The molecule has 3 rings (SSSR count). The molecule has 2 aliphatic heterocycles. The molecule has 0 saturated carbocycles. The fourth-order valence-corrected chi connectivity index (χ4v) is 4.37. The van der Waals surface area contributed by atoms with Crippen LogP contribution in [0.4, 0.5) is 0 Å². The number of fused-ring (bicyclic) bond motifs is 1. The van der Waals surface area contributed by atoms with Crippen molar-refractivity contribution < 1.29 is 8.42 Å². The molecule has 0 aromatic carbocycles. The van der Waals surface area contributed by atoms with Crippen LogP contribution < -0.4 is 5.73 Å². The molecule has 18 heavy (non-hydrogen) atoms. The number of aromatic nitrogens is 2. The molecule has 1 aromatic heterocycles. The first-order valence-corrected chi connectivity index (χ1v) is 8.37. The van der Waals surface area contributed by atoms with E-state index in [9.17, 15) is 8.42 Å². The number of imidazole rings is 1. The van der Waals surface area contributed by atoms with Gasteiger partial charge in [-0.25, -0.2) is 13.4 Å². The molecule has 3 heterocycles. The number of sulfone groups is 1. The zero-order valence-electron chi connectivity index (χ0n) is 10.4. The molecular formula is C12H19N3O2S. The van der Waals surface area contributed by atoms with Gasteiger partial charge in [-0.2, -0.15) is 0 Å². The largest absolute Gasteiger partial charge is 0.333 e. The summed E-state index contributed by atoms with van der Waals surface area (Å²) in [6, 6.07) is 0.228. The molecule has 100 valence electrons. The minimum atomic E-state index is -2.79. The van der Waals surface area contributed by atoms with Gasteiger partial charge in [0, 0.05) is 31.1 Å². The third kappa shape index (κ3) is 2.31. The van der Waals surface area contributed by atoms with Crippen LogP contribution in [0.5, 0.6) is 0 Å². The van der Waals surface area contributed by atoms with Gasteiger partial charge in [0.2, 0.25) is 0 Å². The third-order valence-corrected chi connectivity index (χ3v) is 5.74. The molecule has 0 bridgehead atoms. The van der Waals surface area contributed by atoms with Crippen molar-refractivity contribution in [1.82, 2.24) is 9.55 Å². The molecule has 1 fully saturated rings. The minimum absolute atomic E-state index is 0.228. The van der Waals surface area contributed by atoms with Crippen LogP contribution in [0.3, 0.4) is 0 Å². The van der Waals surface area contributed by atoms with Gasteiger partial charge in [-0.3, -0.25) is 0 Å². The van der Waals surface area contributed by atoms with Gasteiger partial charge in [-0.15, -0.1) is 0 Å². The summed E-state index contributed by atoms with van der Waals surface area (Å²) >= 11 is 0. The number of nitrogens with two attached hydrogens (primary N) is 1. The lowest BCUT2D eigenvalue weighted by molar-refractivity contribution is 0.453. The van der Waals surface area contributed by atoms with Crippen molar-refractivity contribution in [3.8, 4) is 0 Å². The van der Waals surface area contributed by atoms with Crippen molar-refractivity contribution in [2.24, 2.45) is 5.73 Å². The van der Waals surface area contributed by atoms with Crippen LogP contribution in [0.15, 0.2) is 6.20 Å². The maximum Gasteiger partial charge on any atom is 0.150 e. The fourth-order valence-electron chi connectivity index (χ4n) is 2.87. The van der Waals surface area contributed by atoms with Gasteiger partial charge in [0.15, 0.2) is 0 Å². The second kappa shape index (κ2) is 4.35. The molecule has 2 aliphatic rings. The Hall–Kier alpha value is -0.880. The van der Waals surface area contributed by atoms with Crippen molar-refractivity contribution in [2.45, 2.75) is 44.2 Å². The summed E-state index contributed by atoms with van der Waals surface area (Å²) in [5.74, 6) is 2.03. The highest BCUT2D eigenvalue weighted by molar-refractivity contribution is 7.91. The van der Waals surface area contributed by atoms with E-state index >= 15 is 0 Å². The quantitative estimate of drug-likeness (QED) is 0.803. The van der Waals surface area contributed by atoms with Gasteiger partial charge in [0.1, 0.15) is 15.7 Å². The SMILES string of the molecule is NC1CCc2nc(C3CCS(=O)(=O)CC3)cn2C1. The van der Waals surface area contributed by atoms with Crippen LogP contribution in [0.25, 0.3) is 0 Å². The standard InChI is InChI=1S/C12H19N3O2S/c13-10-1-2-12-14-11(8-15(12)7-10)9-3-5-18(16,17)6-4-9/h8-10H,1-7,13H2. The molecule has 0 radical (unpaired) electrons. The van der Waals surface area contributed by atoms with E-state index in [1.165, 1.54) is 0 Å². The summed E-state index contributed by atoms with van der Waals surface area (Å²) in [6.07, 6.45) is 5.44. The Kier molecular flexibility index (Phi) is 2.94. The predicted octanol–water partition coefficient (Wildman–Crippen LogP) is 0.449. The number of rotatable bonds is 1. The zero-order chi connectivity index (χ0) is 12.8. The lowest BCUT2D eigenvalue weighted by Gasteiger charge is -2.20. The summed E-state index contributed by atoms with van der Waals surface area (Å²) in [7, 11) is -2.79. The fraction of sp³-hybridized carbons (Fsp3) is 0.750. The predicted molar refractivity (Wildman–Crippen MR) is 69.2 cm³/mol. The Morgan fingerprint density at radius 2 is 2.00 bits per heavy atom. The molecule has 1 aromatic rings. The lowest BCUT2D eigenvalue weighted by Crippen LogP contribution is -2.31. The second-order valence-electron chi connectivity index (χ2n) is 5.46. The topological polar surface area (TPSA) is 78.0 Å². The number of hydrogen-bond donors (Lipinski definition) is 1. The molecule has 1 atom stereocenters. The molecule has 2 N–H and O–H groups in total. The monoisotopic (exact) mass is 269 g/mol. The van der Waals surface area contributed by atoms with E-state index in [0.29, 0.717) is 30.3 Å². The molecular weight excluding hydrogens is 250 g/mol. The van der Waals surface area contributed by atoms with E-state index in [-0.39, 0.29) is 6.04 Å². The van der Waals surface area contributed by atoms with Gasteiger partial charge in [-0.05, 0) is 19.3 Å². The molecule has 1 saturated heterocycles. The van der Waals surface area contributed by atoms with E-state index in [1.54, 1.807) is 0 Å². The average molecular weight is 269 g/mol. The Morgan fingerprint density at radius 3 is 2.72 bits per heavy atom. The molecule has 5 nitrogen and oxygen atoms in total. The number of nitrogens with zero attached hydrogens (tertiary/aromatic N) is 2. The summed E-state index contributed by atoms with van der Waals surface area (Å²) in [5, 5.41) is 0. The highest BCUT2D eigenvalue weighted by Crippen LogP contribution is 2.29. The van der Waals surface area contributed by atoms with Gasteiger partial charge < -0.3 is 10.3 Å². The Labute approximate surface area is 107 Å². The van der Waals surface area contributed by atoms with Crippen LogP contribution in [0, 0.1) is 0 Å². The molecule has 0 amide bonds. The molecule has 6 heteroatoms. The first-order valence-electron chi connectivity index (χ1n) is 6.55. The maximum absolute atomic E-state index is 11.4. The minimum Gasteiger partial charge on any atom is -0.333 e. The van der Waals surface area contributed by atoms with Crippen LogP contribution in [-0.4, -0.2) is 35.5 Å². The Balaban J connectivity index is 1.78. The molecule has 0 aliphatic carbocycles.